The van der Waals surface area contributed by atoms with Crippen LogP contribution in [0, 0.1) is 0 Å². The summed E-state index contributed by atoms with van der Waals surface area (Å²) in [4.78, 5) is 1.74. The van der Waals surface area contributed by atoms with Gasteiger partial charge in [-0.3, -0.25) is 5.10 Å². The Hall–Kier alpha value is -2.73. The molecule has 0 spiro atoms. The van der Waals surface area contributed by atoms with Gasteiger partial charge in [0, 0.05) is 27.7 Å². The van der Waals surface area contributed by atoms with Crippen molar-refractivity contribution in [2.45, 2.75) is 12.5 Å². The van der Waals surface area contributed by atoms with E-state index in [9.17, 15) is 0 Å². The molecule has 1 atom stereocenters. The van der Waals surface area contributed by atoms with E-state index in [1.165, 1.54) is 5.57 Å². The number of allylic oxidation sites excluding steroid dienone is 2. The highest BCUT2D eigenvalue weighted by atomic mass is 79.9. The van der Waals surface area contributed by atoms with Crippen molar-refractivity contribution in [3.8, 4) is 11.4 Å². The molecule has 0 fully saturated rings. The molecule has 0 saturated heterocycles. The zero-order valence-electron chi connectivity index (χ0n) is 13.2. The lowest BCUT2D eigenvalue weighted by Gasteiger charge is -2.15. The summed E-state index contributed by atoms with van der Waals surface area (Å²) >= 11 is 3.58. The number of H-pyrrole nitrogens is 1. The van der Waals surface area contributed by atoms with Crippen molar-refractivity contribution in [2.24, 2.45) is 0 Å². The van der Waals surface area contributed by atoms with E-state index in [2.05, 4.69) is 49.7 Å². The molecule has 25 heavy (non-hydrogen) atoms. The number of benzene rings is 2. The molecule has 1 aliphatic carbocycles. The molecule has 2 N–H and O–H groups in total. The number of rotatable bonds is 3. The summed E-state index contributed by atoms with van der Waals surface area (Å²) in [6, 6.07) is 14.3. The van der Waals surface area contributed by atoms with E-state index in [1.807, 2.05) is 36.4 Å². The molecule has 0 bridgehead atoms. The zero-order valence-corrected chi connectivity index (χ0v) is 14.8. The summed E-state index contributed by atoms with van der Waals surface area (Å²) in [5, 5.41) is 10.7. The lowest BCUT2D eigenvalue weighted by atomic mass is 9.96. The average molecular weight is 395 g/mol. The highest BCUT2D eigenvalue weighted by Gasteiger charge is 2.30. The maximum Gasteiger partial charge on any atom is 0.131 e. The van der Waals surface area contributed by atoms with Gasteiger partial charge in [0.15, 0.2) is 0 Å². The van der Waals surface area contributed by atoms with Gasteiger partial charge in [-0.1, -0.05) is 34.1 Å². The molecular formula is C19H15BrN4O. The zero-order chi connectivity index (χ0) is 16.8. The van der Waals surface area contributed by atoms with Crippen LogP contribution in [0.2, 0.25) is 0 Å². The minimum atomic E-state index is 0.124. The number of aromatic nitrogens is 3. The van der Waals surface area contributed by atoms with Crippen LogP contribution >= 0.6 is 15.9 Å². The Morgan fingerprint density at radius 1 is 1.24 bits per heavy atom. The first-order valence-electron chi connectivity index (χ1n) is 8.11. The van der Waals surface area contributed by atoms with Crippen molar-refractivity contribution in [3.05, 3.63) is 71.0 Å². The third-order valence-electron chi connectivity index (χ3n) is 4.49. The molecule has 1 unspecified atom stereocenters. The monoisotopic (exact) mass is 394 g/mol. The van der Waals surface area contributed by atoms with Gasteiger partial charge in [-0.2, -0.15) is 4.80 Å². The standard InChI is InChI=1S/C19H15BrN4O/c20-12-5-7-18-14(9-12)15-10-13(6-8-19(15)25-18)23-16-3-1-2-4-17(16)24-21-11-22-24/h1-6,8-11,18,23H,7H2,(H,21,22). The summed E-state index contributed by atoms with van der Waals surface area (Å²) in [5.41, 5.74) is 5.36. The second kappa shape index (κ2) is 5.67. The Morgan fingerprint density at radius 2 is 2.12 bits per heavy atom. The molecule has 2 heterocycles. The number of nitrogens with one attached hydrogen (secondary N) is 2. The van der Waals surface area contributed by atoms with Crippen molar-refractivity contribution >= 4 is 32.9 Å². The molecule has 0 saturated carbocycles. The van der Waals surface area contributed by atoms with Crippen molar-refractivity contribution in [3.63, 3.8) is 0 Å². The van der Waals surface area contributed by atoms with Crippen molar-refractivity contribution in [2.75, 3.05) is 5.32 Å². The van der Waals surface area contributed by atoms with E-state index in [1.54, 1.807) is 11.1 Å². The molecule has 5 nitrogen and oxygen atoms in total. The summed E-state index contributed by atoms with van der Waals surface area (Å²) < 4.78 is 7.17. The van der Waals surface area contributed by atoms with Gasteiger partial charge in [-0.15, -0.1) is 5.10 Å². The number of nitrogens with zero attached hydrogens (tertiary/aromatic N) is 2. The number of para-hydroxylation sites is 2. The van der Waals surface area contributed by atoms with E-state index in [0.717, 1.165) is 39.3 Å². The molecule has 0 radical (unpaired) electrons. The van der Waals surface area contributed by atoms with Crippen LogP contribution in [0.5, 0.6) is 5.75 Å². The van der Waals surface area contributed by atoms with Crippen molar-refractivity contribution < 1.29 is 4.74 Å². The van der Waals surface area contributed by atoms with E-state index in [-0.39, 0.29) is 6.10 Å². The fourth-order valence-corrected chi connectivity index (χ4v) is 3.70. The Morgan fingerprint density at radius 3 is 2.96 bits per heavy atom. The van der Waals surface area contributed by atoms with Gasteiger partial charge in [0.1, 0.15) is 23.9 Å². The topological polar surface area (TPSA) is 54.9 Å². The van der Waals surface area contributed by atoms with Gasteiger partial charge in [-0.05, 0) is 36.4 Å². The Kier molecular flexibility index (Phi) is 3.31. The van der Waals surface area contributed by atoms with Gasteiger partial charge >= 0.3 is 0 Å². The Bertz CT molecular complexity index is 1000. The van der Waals surface area contributed by atoms with Crippen LogP contribution in [0.3, 0.4) is 0 Å². The summed E-state index contributed by atoms with van der Waals surface area (Å²) in [6.45, 7) is 0. The van der Waals surface area contributed by atoms with E-state index >= 15 is 0 Å². The predicted molar refractivity (Wildman–Crippen MR) is 102 cm³/mol. The Labute approximate surface area is 153 Å². The quantitative estimate of drug-likeness (QED) is 0.672. The SMILES string of the molecule is BrC1=CCC2Oc3ccc(Nc4ccccc4-n4nc[nH]4)cc3C2=C1. The molecule has 6 heteroatoms. The minimum absolute atomic E-state index is 0.124. The van der Waals surface area contributed by atoms with Gasteiger partial charge in [0.25, 0.3) is 0 Å². The first kappa shape index (κ1) is 14.6. The number of fused-ring (bicyclic) bond motifs is 3. The molecule has 0 amide bonds. The van der Waals surface area contributed by atoms with Gasteiger partial charge < -0.3 is 10.1 Å². The van der Waals surface area contributed by atoms with Crippen molar-refractivity contribution in [1.82, 2.24) is 15.0 Å². The molecule has 5 rings (SSSR count). The molecule has 2 aromatic carbocycles. The number of ether oxygens (including phenoxy) is 1. The highest BCUT2D eigenvalue weighted by molar-refractivity contribution is 9.11. The first-order valence-corrected chi connectivity index (χ1v) is 8.90. The minimum Gasteiger partial charge on any atom is -0.485 e. The predicted octanol–water partition coefficient (Wildman–Crippen LogP) is 4.77. The number of aromatic amines is 1. The van der Waals surface area contributed by atoms with Crippen LogP contribution in [0.25, 0.3) is 11.3 Å². The van der Waals surface area contributed by atoms with E-state index < -0.39 is 0 Å². The van der Waals surface area contributed by atoms with Crippen LogP contribution in [-0.4, -0.2) is 21.1 Å². The maximum atomic E-state index is 6.05. The summed E-state index contributed by atoms with van der Waals surface area (Å²) in [5.74, 6) is 0.944. The van der Waals surface area contributed by atoms with E-state index in [0.29, 0.717) is 0 Å². The van der Waals surface area contributed by atoms with Crippen LogP contribution in [0.1, 0.15) is 12.0 Å². The number of anilines is 2. The number of hydrogen-bond donors (Lipinski definition) is 2. The van der Waals surface area contributed by atoms with Gasteiger partial charge in [0.05, 0.1) is 5.69 Å². The maximum absolute atomic E-state index is 6.05. The largest absolute Gasteiger partial charge is 0.485 e. The average Bonchev–Trinajstić information content (AvgIpc) is 2.92. The fourth-order valence-electron chi connectivity index (χ4n) is 3.27. The van der Waals surface area contributed by atoms with Gasteiger partial charge in [0.2, 0.25) is 0 Å². The van der Waals surface area contributed by atoms with Crippen LogP contribution in [-0.2, 0) is 0 Å². The molecule has 3 aromatic rings. The number of halogens is 1. The first-order chi connectivity index (χ1) is 12.3. The lowest BCUT2D eigenvalue weighted by Crippen LogP contribution is -2.12. The Balaban J connectivity index is 1.51. The molecule has 124 valence electrons. The van der Waals surface area contributed by atoms with Crippen LogP contribution < -0.4 is 10.1 Å². The smallest absolute Gasteiger partial charge is 0.131 e. The third kappa shape index (κ3) is 2.49. The van der Waals surface area contributed by atoms with E-state index in [4.69, 9.17) is 4.74 Å². The third-order valence-corrected chi connectivity index (χ3v) is 5.04. The lowest BCUT2D eigenvalue weighted by molar-refractivity contribution is 0.279. The van der Waals surface area contributed by atoms with Gasteiger partial charge in [-0.25, -0.2) is 0 Å². The number of hydrogen-bond acceptors (Lipinski definition) is 3. The molecule has 1 aromatic heterocycles. The van der Waals surface area contributed by atoms with Crippen LogP contribution in [0.4, 0.5) is 11.4 Å². The molecular weight excluding hydrogens is 380 g/mol. The second-order valence-corrected chi connectivity index (χ2v) is 6.99. The van der Waals surface area contributed by atoms with Crippen molar-refractivity contribution in [1.29, 1.82) is 0 Å². The summed E-state index contributed by atoms with van der Waals surface area (Å²) in [6.07, 6.45) is 6.97. The fraction of sp³-hybridized carbons (Fsp3) is 0.105. The second-order valence-electron chi connectivity index (χ2n) is 6.07. The van der Waals surface area contributed by atoms with Crippen LogP contribution in [0.15, 0.2) is 65.4 Å². The molecule has 2 aliphatic rings. The summed E-state index contributed by atoms with van der Waals surface area (Å²) in [7, 11) is 0. The highest BCUT2D eigenvalue weighted by Crippen LogP contribution is 2.43. The molecule has 1 aliphatic heterocycles. The normalized spacial score (nSPS) is 18.0.